The van der Waals surface area contributed by atoms with E-state index in [2.05, 4.69) is 9.97 Å². The summed E-state index contributed by atoms with van der Waals surface area (Å²) in [5, 5.41) is 0. The maximum Gasteiger partial charge on any atom is 0.311 e. The normalized spacial score (nSPS) is 9.75. The van der Waals surface area contributed by atoms with Gasteiger partial charge in [0.25, 0.3) is 0 Å². The van der Waals surface area contributed by atoms with E-state index in [1.807, 2.05) is 0 Å². The molecule has 0 aliphatic heterocycles. The molecular formula is C7H10N2O2S. The first-order chi connectivity index (χ1) is 5.72. The largest absolute Gasteiger partial charge is 0.466 e. The minimum atomic E-state index is -0.247. The lowest BCUT2D eigenvalue weighted by molar-refractivity contribution is -0.142. The Kier molecular flexibility index (Phi) is 3.04. The maximum atomic E-state index is 10.9. The number of hydrogen-bond donors (Lipinski definition) is 2. The number of aromatic nitrogens is 2. The number of hydrogen-bond acceptors (Lipinski definition) is 3. The molecule has 66 valence electrons. The molecule has 1 heterocycles. The van der Waals surface area contributed by atoms with Crippen molar-refractivity contribution in [3.05, 3.63) is 16.7 Å². The summed E-state index contributed by atoms with van der Waals surface area (Å²) in [5.41, 5.74) is 0.749. The van der Waals surface area contributed by atoms with Gasteiger partial charge in [0.1, 0.15) is 0 Å². The molecule has 0 fully saturated rings. The number of aromatic amines is 2. The molecule has 12 heavy (non-hydrogen) atoms. The van der Waals surface area contributed by atoms with Crippen molar-refractivity contribution in [3.8, 4) is 0 Å². The quantitative estimate of drug-likeness (QED) is 0.550. The Morgan fingerprint density at radius 2 is 2.50 bits per heavy atom. The van der Waals surface area contributed by atoms with Crippen LogP contribution in [0.3, 0.4) is 0 Å². The molecule has 0 amide bonds. The van der Waals surface area contributed by atoms with Gasteiger partial charge in [-0.2, -0.15) is 0 Å². The zero-order valence-electron chi connectivity index (χ0n) is 6.72. The van der Waals surface area contributed by atoms with Crippen molar-refractivity contribution < 1.29 is 9.53 Å². The Labute approximate surface area is 75.0 Å². The number of imidazole rings is 1. The van der Waals surface area contributed by atoms with Crippen LogP contribution in [0.4, 0.5) is 0 Å². The standard InChI is InChI=1S/C7H10N2O2S/c1-2-11-6(10)3-5-4-8-7(12)9-5/h4H,2-3H2,1H3,(H2,8,9,12). The van der Waals surface area contributed by atoms with Crippen molar-refractivity contribution in [1.82, 2.24) is 9.97 Å². The van der Waals surface area contributed by atoms with Gasteiger partial charge in [-0.25, -0.2) is 0 Å². The number of H-pyrrole nitrogens is 2. The molecule has 1 aromatic heterocycles. The SMILES string of the molecule is CCOC(=O)Cc1c[nH]c(=S)[nH]1. The third-order valence-electron chi connectivity index (χ3n) is 1.29. The third-order valence-corrected chi connectivity index (χ3v) is 1.51. The molecule has 4 nitrogen and oxygen atoms in total. The minimum Gasteiger partial charge on any atom is -0.466 e. The molecule has 0 radical (unpaired) electrons. The van der Waals surface area contributed by atoms with E-state index in [1.165, 1.54) is 0 Å². The van der Waals surface area contributed by atoms with Gasteiger partial charge < -0.3 is 14.7 Å². The van der Waals surface area contributed by atoms with Gasteiger partial charge in [-0.3, -0.25) is 4.79 Å². The molecule has 0 aliphatic carbocycles. The third kappa shape index (κ3) is 2.50. The fraction of sp³-hybridized carbons (Fsp3) is 0.429. The average Bonchev–Trinajstić information content (AvgIpc) is 2.36. The van der Waals surface area contributed by atoms with Crippen LogP contribution in [0, 0.1) is 4.77 Å². The van der Waals surface area contributed by atoms with Gasteiger partial charge in [-0.15, -0.1) is 0 Å². The van der Waals surface area contributed by atoms with Crippen molar-refractivity contribution in [2.75, 3.05) is 6.61 Å². The molecule has 0 saturated heterocycles. The van der Waals surface area contributed by atoms with Crippen LogP contribution in [0.5, 0.6) is 0 Å². The van der Waals surface area contributed by atoms with E-state index >= 15 is 0 Å². The monoisotopic (exact) mass is 186 g/mol. The fourth-order valence-electron chi connectivity index (χ4n) is 0.833. The van der Waals surface area contributed by atoms with E-state index < -0.39 is 0 Å². The molecule has 0 unspecified atom stereocenters. The molecule has 0 bridgehead atoms. The second-order valence-electron chi connectivity index (χ2n) is 2.25. The lowest BCUT2D eigenvalue weighted by Crippen LogP contribution is -2.07. The first-order valence-electron chi connectivity index (χ1n) is 3.64. The molecular weight excluding hydrogens is 176 g/mol. The molecule has 2 N–H and O–H groups in total. The highest BCUT2D eigenvalue weighted by Crippen LogP contribution is 1.95. The first kappa shape index (κ1) is 8.99. The van der Waals surface area contributed by atoms with E-state index in [0.29, 0.717) is 11.4 Å². The smallest absolute Gasteiger partial charge is 0.311 e. The Hall–Kier alpha value is -1.10. The summed E-state index contributed by atoms with van der Waals surface area (Å²) in [5.74, 6) is -0.247. The highest BCUT2D eigenvalue weighted by atomic mass is 32.1. The Balaban J connectivity index is 2.52. The molecule has 1 aromatic rings. The van der Waals surface area contributed by atoms with Crippen molar-refractivity contribution >= 4 is 18.2 Å². The molecule has 1 rings (SSSR count). The summed E-state index contributed by atoms with van der Waals surface area (Å²) in [4.78, 5) is 16.5. The average molecular weight is 186 g/mol. The Morgan fingerprint density at radius 3 is 3.00 bits per heavy atom. The van der Waals surface area contributed by atoms with Crippen molar-refractivity contribution in [2.45, 2.75) is 13.3 Å². The van der Waals surface area contributed by atoms with E-state index in [0.717, 1.165) is 5.69 Å². The van der Waals surface area contributed by atoms with Crippen LogP contribution in [0.1, 0.15) is 12.6 Å². The van der Waals surface area contributed by atoms with Crippen molar-refractivity contribution in [3.63, 3.8) is 0 Å². The van der Waals surface area contributed by atoms with E-state index in [9.17, 15) is 4.79 Å². The van der Waals surface area contributed by atoms with E-state index in [4.69, 9.17) is 17.0 Å². The summed E-state index contributed by atoms with van der Waals surface area (Å²) in [6.07, 6.45) is 1.90. The fourth-order valence-corrected chi connectivity index (χ4v) is 1.02. The lowest BCUT2D eigenvalue weighted by atomic mass is 10.3. The van der Waals surface area contributed by atoms with E-state index in [-0.39, 0.29) is 12.4 Å². The summed E-state index contributed by atoms with van der Waals surface area (Å²) < 4.78 is 5.27. The predicted molar refractivity (Wildman–Crippen MR) is 46.3 cm³/mol. The molecule has 0 spiro atoms. The van der Waals surface area contributed by atoms with Gasteiger partial charge in [0.15, 0.2) is 4.77 Å². The maximum absolute atomic E-state index is 10.9. The van der Waals surface area contributed by atoms with Crippen LogP contribution < -0.4 is 0 Å². The Bertz CT molecular complexity index is 315. The number of esters is 1. The highest BCUT2D eigenvalue weighted by Gasteiger charge is 2.03. The summed E-state index contributed by atoms with van der Waals surface area (Å²) in [7, 11) is 0. The first-order valence-corrected chi connectivity index (χ1v) is 4.05. The number of carbonyl (C=O) groups excluding carboxylic acids is 1. The second kappa shape index (κ2) is 4.06. The summed E-state index contributed by atoms with van der Waals surface area (Å²) >= 11 is 4.79. The highest BCUT2D eigenvalue weighted by molar-refractivity contribution is 7.71. The van der Waals surface area contributed by atoms with Crippen molar-refractivity contribution in [1.29, 1.82) is 0 Å². The zero-order valence-corrected chi connectivity index (χ0v) is 7.53. The van der Waals surface area contributed by atoms with Crippen LogP contribution in [0.25, 0.3) is 0 Å². The van der Waals surface area contributed by atoms with Crippen molar-refractivity contribution in [2.24, 2.45) is 0 Å². The van der Waals surface area contributed by atoms with Gasteiger partial charge in [0, 0.05) is 11.9 Å². The van der Waals surface area contributed by atoms with Gasteiger partial charge >= 0.3 is 5.97 Å². The van der Waals surface area contributed by atoms with Crippen LogP contribution in [0.15, 0.2) is 6.20 Å². The van der Waals surface area contributed by atoms with Gasteiger partial charge in [-0.05, 0) is 19.1 Å². The minimum absolute atomic E-state index is 0.237. The second-order valence-corrected chi connectivity index (χ2v) is 2.66. The molecule has 0 aliphatic rings. The number of rotatable bonds is 3. The molecule has 0 aromatic carbocycles. The van der Waals surface area contributed by atoms with Crippen LogP contribution in [-0.2, 0) is 16.0 Å². The van der Waals surface area contributed by atoms with Gasteiger partial charge in [0.05, 0.1) is 13.0 Å². The van der Waals surface area contributed by atoms with Crippen LogP contribution >= 0.6 is 12.2 Å². The molecule has 0 atom stereocenters. The van der Waals surface area contributed by atoms with Crippen LogP contribution in [0.2, 0.25) is 0 Å². The molecule has 0 saturated carbocycles. The van der Waals surface area contributed by atoms with Crippen LogP contribution in [-0.4, -0.2) is 22.5 Å². The molecule has 5 heteroatoms. The summed E-state index contributed by atoms with van der Waals surface area (Å²) in [6, 6.07) is 0. The van der Waals surface area contributed by atoms with Gasteiger partial charge in [0.2, 0.25) is 0 Å². The zero-order chi connectivity index (χ0) is 8.97. The topological polar surface area (TPSA) is 57.9 Å². The van der Waals surface area contributed by atoms with E-state index in [1.54, 1.807) is 13.1 Å². The predicted octanol–water partition coefficient (Wildman–Crippen LogP) is 1.18. The van der Waals surface area contributed by atoms with Gasteiger partial charge in [-0.1, -0.05) is 0 Å². The number of nitrogens with one attached hydrogen (secondary N) is 2. The summed E-state index contributed by atoms with van der Waals surface area (Å²) in [6.45, 7) is 2.18. The Morgan fingerprint density at radius 1 is 1.75 bits per heavy atom. The number of ether oxygens (including phenoxy) is 1. The number of carbonyl (C=O) groups is 1. The lowest BCUT2D eigenvalue weighted by Gasteiger charge is -1.97.